The van der Waals surface area contributed by atoms with Crippen LogP contribution in [0.5, 0.6) is 0 Å². The van der Waals surface area contributed by atoms with Gasteiger partial charge in [0.25, 0.3) is 0 Å². The lowest BCUT2D eigenvalue weighted by Crippen LogP contribution is -2.25. The van der Waals surface area contributed by atoms with Gasteiger partial charge in [0.15, 0.2) is 0 Å². The second kappa shape index (κ2) is 9.21. The van der Waals surface area contributed by atoms with E-state index in [-0.39, 0.29) is 11.8 Å². The molecule has 0 atom stereocenters. The zero-order valence-electron chi connectivity index (χ0n) is 17.8. The Labute approximate surface area is 180 Å². The van der Waals surface area contributed by atoms with Crippen molar-refractivity contribution < 1.29 is 19.1 Å². The Morgan fingerprint density at radius 1 is 1.00 bits per heavy atom. The fraction of sp³-hybridized carbons (Fsp3) is 0.167. The van der Waals surface area contributed by atoms with Gasteiger partial charge in [0, 0.05) is 32.2 Å². The lowest BCUT2D eigenvalue weighted by molar-refractivity contribution is -0.142. The number of benzene rings is 2. The highest BCUT2D eigenvalue weighted by molar-refractivity contribution is 5.95. The van der Waals surface area contributed by atoms with Gasteiger partial charge >= 0.3 is 5.97 Å². The Bertz CT molecular complexity index is 1200. The third-order valence-electron chi connectivity index (χ3n) is 4.48. The van der Waals surface area contributed by atoms with E-state index in [1.165, 1.54) is 37.6 Å². The average molecular weight is 417 g/mol. The molecule has 1 heterocycles. The molecule has 0 radical (unpaired) electrons. The Hall–Kier alpha value is -4.00. The monoisotopic (exact) mass is 417 g/mol. The van der Waals surface area contributed by atoms with E-state index in [0.717, 1.165) is 21.5 Å². The fourth-order valence-corrected chi connectivity index (χ4v) is 3.11. The molecule has 7 heteroatoms. The lowest BCUT2D eigenvalue weighted by Gasteiger charge is -2.18. The number of hydrogen-bond donors (Lipinski definition) is 0. The van der Waals surface area contributed by atoms with Crippen molar-refractivity contribution in [2.24, 2.45) is 5.10 Å². The predicted octanol–water partition coefficient (Wildman–Crippen LogP) is 4.35. The number of fused-ring (bicyclic) bond motifs is 1. The summed E-state index contributed by atoms with van der Waals surface area (Å²) in [5, 5.41) is 6.05. The van der Waals surface area contributed by atoms with Gasteiger partial charge in [0.05, 0.1) is 17.4 Å². The summed E-state index contributed by atoms with van der Waals surface area (Å²) in [6.07, 6.45) is 2.95. The second-order valence-corrected chi connectivity index (χ2v) is 7.04. The average Bonchev–Trinajstić information content (AvgIpc) is 3.06. The standard InChI is InChI=1S/C24H23N3O4/c1-16-9-11-20(12-10-16)15-25-27(18(3)29)24(31-19(4)30)14-22-13-21-7-5-6-8-23(21)26(22)17(2)28/h5-15H,1-4H3/b24-14-,25-15-. The van der Waals surface area contributed by atoms with Gasteiger partial charge in [-0.25, -0.2) is 0 Å². The van der Waals surface area contributed by atoms with E-state index < -0.39 is 11.9 Å². The number of para-hydroxylation sites is 1. The molecular weight excluding hydrogens is 394 g/mol. The van der Waals surface area contributed by atoms with Crippen molar-refractivity contribution in [2.75, 3.05) is 0 Å². The summed E-state index contributed by atoms with van der Waals surface area (Å²) in [6.45, 7) is 5.95. The zero-order valence-corrected chi connectivity index (χ0v) is 17.8. The maximum atomic E-state index is 12.3. The summed E-state index contributed by atoms with van der Waals surface area (Å²) < 4.78 is 6.79. The minimum atomic E-state index is -0.617. The summed E-state index contributed by atoms with van der Waals surface area (Å²) in [6, 6.07) is 16.7. The van der Waals surface area contributed by atoms with Crippen molar-refractivity contribution in [1.82, 2.24) is 9.58 Å². The molecule has 1 amide bonds. The molecule has 1 aromatic heterocycles. The molecule has 158 valence electrons. The van der Waals surface area contributed by atoms with Crippen LogP contribution in [0.4, 0.5) is 0 Å². The maximum absolute atomic E-state index is 12.3. The van der Waals surface area contributed by atoms with Crippen LogP contribution in [-0.4, -0.2) is 33.6 Å². The van der Waals surface area contributed by atoms with E-state index in [0.29, 0.717) is 11.2 Å². The van der Waals surface area contributed by atoms with Crippen molar-refractivity contribution in [1.29, 1.82) is 0 Å². The molecule has 0 saturated heterocycles. The van der Waals surface area contributed by atoms with Crippen molar-refractivity contribution >= 4 is 41.0 Å². The number of nitrogens with zero attached hydrogens (tertiary/aromatic N) is 3. The summed E-state index contributed by atoms with van der Waals surface area (Å²) >= 11 is 0. The van der Waals surface area contributed by atoms with E-state index in [9.17, 15) is 14.4 Å². The summed E-state index contributed by atoms with van der Waals surface area (Å²) in [5.41, 5.74) is 3.04. The van der Waals surface area contributed by atoms with Gasteiger partial charge in [0.2, 0.25) is 17.7 Å². The van der Waals surface area contributed by atoms with Crippen molar-refractivity contribution in [3.8, 4) is 0 Å². The van der Waals surface area contributed by atoms with E-state index in [4.69, 9.17) is 4.74 Å². The first-order valence-electron chi connectivity index (χ1n) is 9.69. The number of rotatable bonds is 5. The van der Waals surface area contributed by atoms with Gasteiger partial charge in [-0.1, -0.05) is 48.0 Å². The highest BCUT2D eigenvalue weighted by Crippen LogP contribution is 2.23. The molecule has 0 aliphatic carbocycles. The van der Waals surface area contributed by atoms with Crippen LogP contribution in [0.3, 0.4) is 0 Å². The van der Waals surface area contributed by atoms with Crippen molar-refractivity contribution in [2.45, 2.75) is 27.7 Å². The van der Waals surface area contributed by atoms with Crippen LogP contribution in [0.2, 0.25) is 0 Å². The van der Waals surface area contributed by atoms with E-state index >= 15 is 0 Å². The molecule has 0 bridgehead atoms. The molecule has 31 heavy (non-hydrogen) atoms. The Kier molecular flexibility index (Phi) is 6.45. The van der Waals surface area contributed by atoms with Crippen LogP contribution in [0.25, 0.3) is 17.0 Å². The third kappa shape index (κ3) is 5.14. The molecular formula is C24H23N3O4. The quantitative estimate of drug-likeness (QED) is 0.267. The topological polar surface area (TPSA) is 81.0 Å². The molecule has 0 N–H and O–H groups in total. The van der Waals surface area contributed by atoms with Crippen LogP contribution in [0.1, 0.15) is 42.4 Å². The van der Waals surface area contributed by atoms with Crippen LogP contribution < -0.4 is 0 Å². The van der Waals surface area contributed by atoms with Crippen LogP contribution in [0, 0.1) is 6.92 Å². The molecule has 0 saturated carbocycles. The van der Waals surface area contributed by atoms with Crippen molar-refractivity contribution in [3.63, 3.8) is 0 Å². The second-order valence-electron chi connectivity index (χ2n) is 7.04. The van der Waals surface area contributed by atoms with Crippen molar-refractivity contribution in [3.05, 3.63) is 77.3 Å². The number of hydrazone groups is 1. The van der Waals surface area contributed by atoms with Crippen LogP contribution in [-0.2, 0) is 14.3 Å². The molecule has 0 spiro atoms. The van der Waals surface area contributed by atoms with Gasteiger partial charge in [-0.2, -0.15) is 10.1 Å². The van der Waals surface area contributed by atoms with E-state index in [1.54, 1.807) is 6.07 Å². The molecule has 0 unspecified atom stereocenters. The first kappa shape index (κ1) is 21.7. The number of esters is 1. The largest absolute Gasteiger partial charge is 0.407 e. The summed E-state index contributed by atoms with van der Waals surface area (Å²) in [4.78, 5) is 36.4. The van der Waals surface area contributed by atoms with Gasteiger partial charge in [-0.05, 0) is 24.6 Å². The van der Waals surface area contributed by atoms with Gasteiger partial charge in [-0.15, -0.1) is 0 Å². The lowest BCUT2D eigenvalue weighted by atomic mass is 10.2. The first-order valence-corrected chi connectivity index (χ1v) is 9.69. The van der Waals surface area contributed by atoms with E-state index in [1.807, 2.05) is 55.5 Å². The molecule has 7 nitrogen and oxygen atoms in total. The highest BCUT2D eigenvalue weighted by Gasteiger charge is 2.19. The number of carbonyl (C=O) groups is 3. The van der Waals surface area contributed by atoms with Crippen LogP contribution in [0.15, 0.2) is 65.6 Å². The first-order chi connectivity index (χ1) is 14.8. The minimum absolute atomic E-state index is 0.103. The molecule has 3 rings (SSSR count). The smallest absolute Gasteiger partial charge is 0.309 e. The Balaban J connectivity index is 2.10. The number of ether oxygens (including phenoxy) is 1. The van der Waals surface area contributed by atoms with Crippen LogP contribution >= 0.6 is 0 Å². The number of carbonyl (C=O) groups excluding carboxylic acids is 3. The number of aryl methyl sites for hydroxylation is 1. The normalized spacial score (nSPS) is 11.7. The Morgan fingerprint density at radius 3 is 2.29 bits per heavy atom. The fourth-order valence-electron chi connectivity index (χ4n) is 3.11. The summed E-state index contributed by atoms with van der Waals surface area (Å²) in [5.74, 6) is -1.39. The minimum Gasteiger partial charge on any atom is -0.407 e. The SMILES string of the molecule is CC(=O)O/C(=C\c1cc2ccccc2n1C(C)=O)N(/N=C\c1ccc(C)cc1)C(C)=O. The summed E-state index contributed by atoms with van der Waals surface area (Å²) in [7, 11) is 0. The molecule has 0 aliphatic heterocycles. The van der Waals surface area contributed by atoms with Gasteiger partial charge in [0.1, 0.15) is 0 Å². The molecule has 2 aromatic carbocycles. The molecule has 0 fully saturated rings. The maximum Gasteiger partial charge on any atom is 0.309 e. The highest BCUT2D eigenvalue weighted by atomic mass is 16.6. The molecule has 0 aliphatic rings. The number of aromatic nitrogens is 1. The van der Waals surface area contributed by atoms with E-state index in [2.05, 4.69) is 5.10 Å². The molecule has 3 aromatic rings. The zero-order chi connectivity index (χ0) is 22.5. The Morgan fingerprint density at radius 2 is 1.68 bits per heavy atom. The number of amides is 1. The third-order valence-corrected chi connectivity index (χ3v) is 4.48. The van der Waals surface area contributed by atoms with Gasteiger partial charge < -0.3 is 4.74 Å². The van der Waals surface area contributed by atoms with Gasteiger partial charge in [-0.3, -0.25) is 19.0 Å². The number of hydrogen-bond acceptors (Lipinski definition) is 5. The predicted molar refractivity (Wildman–Crippen MR) is 119 cm³/mol.